The van der Waals surface area contributed by atoms with Gasteiger partial charge in [0.05, 0.1) is 5.41 Å². The van der Waals surface area contributed by atoms with Crippen LogP contribution in [0.15, 0.2) is 18.2 Å². The van der Waals surface area contributed by atoms with Crippen molar-refractivity contribution in [1.82, 2.24) is 0 Å². The Morgan fingerprint density at radius 2 is 2.06 bits per heavy atom. The molecule has 0 heterocycles. The lowest BCUT2D eigenvalue weighted by Gasteiger charge is -2.22. The fraction of sp³-hybridized carbons (Fsp3) is 0.500. The summed E-state index contributed by atoms with van der Waals surface area (Å²) in [7, 11) is 0. The normalized spacial score (nSPS) is 11.4. The first kappa shape index (κ1) is 14.0. The molecule has 3 heteroatoms. The van der Waals surface area contributed by atoms with Crippen molar-refractivity contribution in [2.45, 2.75) is 34.1 Å². The van der Waals surface area contributed by atoms with Gasteiger partial charge in [0, 0.05) is 11.6 Å². The molecular weight excluding hydrogens is 234 g/mol. The number of carbonyl (C=O) groups is 1. The van der Waals surface area contributed by atoms with Crippen LogP contribution in [0.3, 0.4) is 0 Å². The topological polar surface area (TPSA) is 29.1 Å². The Labute approximate surface area is 108 Å². The van der Waals surface area contributed by atoms with Gasteiger partial charge < -0.3 is 5.32 Å². The number of nitrogens with one attached hydrogen (secondary N) is 1. The van der Waals surface area contributed by atoms with Gasteiger partial charge in [0.2, 0.25) is 5.91 Å². The first-order valence-electron chi connectivity index (χ1n) is 5.88. The number of anilines is 1. The molecule has 0 aliphatic heterocycles. The van der Waals surface area contributed by atoms with Crippen molar-refractivity contribution in [3.05, 3.63) is 29.3 Å². The molecule has 0 atom stereocenters. The summed E-state index contributed by atoms with van der Waals surface area (Å²) < 4.78 is 0. The van der Waals surface area contributed by atoms with E-state index >= 15 is 0 Å². The van der Waals surface area contributed by atoms with Gasteiger partial charge in [-0.3, -0.25) is 4.79 Å². The van der Waals surface area contributed by atoms with Crippen molar-refractivity contribution in [2.24, 2.45) is 5.41 Å². The molecule has 1 aromatic rings. The number of benzene rings is 1. The van der Waals surface area contributed by atoms with Crippen molar-refractivity contribution in [3.8, 4) is 0 Å². The summed E-state index contributed by atoms with van der Waals surface area (Å²) >= 11 is 5.81. The first-order valence-corrected chi connectivity index (χ1v) is 6.41. The van der Waals surface area contributed by atoms with Gasteiger partial charge in [0.1, 0.15) is 0 Å². The van der Waals surface area contributed by atoms with Crippen molar-refractivity contribution in [2.75, 3.05) is 11.2 Å². The molecule has 1 rings (SSSR count). The standard InChI is InChI=1S/C14H20ClNO/c1-5-11-8-6-7-10(2)12(11)16-13(17)14(3,4)9-15/h6-8H,5,9H2,1-4H3,(H,16,17). The summed E-state index contributed by atoms with van der Waals surface area (Å²) in [6.45, 7) is 7.78. The SMILES string of the molecule is CCc1cccc(C)c1NC(=O)C(C)(C)CCl. The maximum absolute atomic E-state index is 12.1. The van der Waals surface area contributed by atoms with Crippen LogP contribution in [0.2, 0.25) is 0 Å². The van der Waals surface area contributed by atoms with E-state index < -0.39 is 5.41 Å². The second-order valence-electron chi connectivity index (χ2n) is 4.93. The Kier molecular flexibility index (Phi) is 4.58. The van der Waals surface area contributed by atoms with E-state index in [1.807, 2.05) is 39.0 Å². The third-order valence-corrected chi connectivity index (χ3v) is 3.60. The van der Waals surface area contributed by atoms with E-state index in [1.54, 1.807) is 0 Å². The molecule has 1 aromatic carbocycles. The largest absolute Gasteiger partial charge is 0.325 e. The summed E-state index contributed by atoms with van der Waals surface area (Å²) in [6.07, 6.45) is 0.901. The molecule has 0 spiro atoms. The third-order valence-electron chi connectivity index (χ3n) is 2.93. The van der Waals surface area contributed by atoms with E-state index in [-0.39, 0.29) is 5.91 Å². The van der Waals surface area contributed by atoms with Gasteiger partial charge in [-0.1, -0.05) is 25.1 Å². The van der Waals surface area contributed by atoms with Crippen LogP contribution in [-0.2, 0) is 11.2 Å². The van der Waals surface area contributed by atoms with E-state index in [2.05, 4.69) is 12.2 Å². The summed E-state index contributed by atoms with van der Waals surface area (Å²) in [4.78, 5) is 12.1. The molecule has 0 aliphatic rings. The van der Waals surface area contributed by atoms with E-state index in [0.29, 0.717) is 5.88 Å². The van der Waals surface area contributed by atoms with Crippen molar-refractivity contribution in [1.29, 1.82) is 0 Å². The zero-order valence-corrected chi connectivity index (χ0v) is 11.7. The zero-order chi connectivity index (χ0) is 13.1. The van der Waals surface area contributed by atoms with Gasteiger partial charge in [-0.2, -0.15) is 0 Å². The van der Waals surface area contributed by atoms with Crippen LogP contribution in [0.1, 0.15) is 31.9 Å². The highest BCUT2D eigenvalue weighted by Gasteiger charge is 2.27. The minimum Gasteiger partial charge on any atom is -0.325 e. The summed E-state index contributed by atoms with van der Waals surface area (Å²) in [6, 6.07) is 6.05. The summed E-state index contributed by atoms with van der Waals surface area (Å²) in [5.74, 6) is 0.281. The van der Waals surface area contributed by atoms with Crippen LogP contribution in [-0.4, -0.2) is 11.8 Å². The minimum atomic E-state index is -0.547. The van der Waals surface area contributed by atoms with Crippen LogP contribution in [0, 0.1) is 12.3 Å². The van der Waals surface area contributed by atoms with Crippen LogP contribution in [0.5, 0.6) is 0 Å². The number of carbonyl (C=O) groups excluding carboxylic acids is 1. The first-order chi connectivity index (χ1) is 7.92. The fourth-order valence-corrected chi connectivity index (χ4v) is 1.67. The molecule has 94 valence electrons. The number of hydrogen-bond acceptors (Lipinski definition) is 1. The second kappa shape index (κ2) is 5.54. The summed E-state index contributed by atoms with van der Waals surface area (Å²) in [5.41, 5.74) is 2.62. The zero-order valence-electron chi connectivity index (χ0n) is 10.9. The Morgan fingerprint density at radius 3 is 2.59 bits per heavy atom. The average Bonchev–Trinajstić information content (AvgIpc) is 2.31. The highest BCUT2D eigenvalue weighted by molar-refractivity contribution is 6.20. The molecule has 0 saturated heterocycles. The number of hydrogen-bond donors (Lipinski definition) is 1. The third kappa shape index (κ3) is 3.22. The van der Waals surface area contributed by atoms with Crippen molar-refractivity contribution in [3.63, 3.8) is 0 Å². The maximum atomic E-state index is 12.1. The van der Waals surface area contributed by atoms with E-state index in [4.69, 9.17) is 11.6 Å². The number of aryl methyl sites for hydroxylation is 2. The molecule has 2 nitrogen and oxygen atoms in total. The van der Waals surface area contributed by atoms with Crippen LogP contribution in [0.25, 0.3) is 0 Å². The van der Waals surface area contributed by atoms with Crippen LogP contribution < -0.4 is 5.32 Å². The molecule has 17 heavy (non-hydrogen) atoms. The Hall–Kier alpha value is -1.02. The smallest absolute Gasteiger partial charge is 0.231 e. The summed E-state index contributed by atoms with van der Waals surface area (Å²) in [5, 5.41) is 3.00. The monoisotopic (exact) mass is 253 g/mol. The fourth-order valence-electron chi connectivity index (χ4n) is 1.55. The van der Waals surface area contributed by atoms with Crippen molar-refractivity contribution >= 4 is 23.2 Å². The van der Waals surface area contributed by atoms with E-state index in [0.717, 1.165) is 23.2 Å². The van der Waals surface area contributed by atoms with E-state index in [1.165, 1.54) is 0 Å². The molecule has 0 radical (unpaired) electrons. The van der Waals surface area contributed by atoms with Gasteiger partial charge in [0.25, 0.3) is 0 Å². The Bertz CT molecular complexity index is 413. The van der Waals surface area contributed by atoms with Gasteiger partial charge in [-0.05, 0) is 38.3 Å². The molecular formula is C14H20ClNO. The molecule has 1 N–H and O–H groups in total. The van der Waals surface area contributed by atoms with Crippen molar-refractivity contribution < 1.29 is 4.79 Å². The van der Waals surface area contributed by atoms with Gasteiger partial charge in [-0.25, -0.2) is 0 Å². The molecule has 1 amide bonds. The molecule has 0 saturated carbocycles. The lowest BCUT2D eigenvalue weighted by atomic mass is 9.94. The molecule has 0 bridgehead atoms. The highest BCUT2D eigenvalue weighted by atomic mass is 35.5. The highest BCUT2D eigenvalue weighted by Crippen LogP contribution is 2.25. The Morgan fingerprint density at radius 1 is 1.41 bits per heavy atom. The number of alkyl halides is 1. The number of halogens is 1. The number of amides is 1. The lowest BCUT2D eigenvalue weighted by Crippen LogP contribution is -2.32. The quantitative estimate of drug-likeness (QED) is 0.814. The predicted octanol–water partition coefficient (Wildman–Crippen LogP) is 3.76. The number of rotatable bonds is 4. The second-order valence-corrected chi connectivity index (χ2v) is 5.20. The maximum Gasteiger partial charge on any atom is 0.231 e. The molecule has 0 fully saturated rings. The van der Waals surface area contributed by atoms with Gasteiger partial charge in [-0.15, -0.1) is 11.6 Å². The lowest BCUT2D eigenvalue weighted by molar-refractivity contribution is -0.122. The Balaban J connectivity index is 2.99. The van der Waals surface area contributed by atoms with E-state index in [9.17, 15) is 4.79 Å². The molecule has 0 unspecified atom stereocenters. The molecule has 0 aliphatic carbocycles. The molecule has 0 aromatic heterocycles. The van der Waals surface area contributed by atoms with Gasteiger partial charge in [0.15, 0.2) is 0 Å². The van der Waals surface area contributed by atoms with Gasteiger partial charge >= 0.3 is 0 Å². The average molecular weight is 254 g/mol. The minimum absolute atomic E-state index is 0.0310. The number of para-hydroxylation sites is 1. The van der Waals surface area contributed by atoms with Crippen LogP contribution in [0.4, 0.5) is 5.69 Å². The predicted molar refractivity (Wildman–Crippen MR) is 73.7 cm³/mol. The van der Waals surface area contributed by atoms with Crippen LogP contribution >= 0.6 is 11.6 Å².